The molecule has 0 radical (unpaired) electrons. The van der Waals surface area contributed by atoms with Gasteiger partial charge in [0.15, 0.2) is 0 Å². The molecule has 1 aromatic heterocycles. The normalized spacial score (nSPS) is 17.5. The summed E-state index contributed by atoms with van der Waals surface area (Å²) < 4.78 is 0. The van der Waals surface area contributed by atoms with Crippen molar-refractivity contribution in [1.82, 2.24) is 15.3 Å². The van der Waals surface area contributed by atoms with E-state index in [1.807, 2.05) is 67.5 Å². The van der Waals surface area contributed by atoms with E-state index in [1.54, 1.807) is 0 Å². The van der Waals surface area contributed by atoms with Crippen molar-refractivity contribution in [3.05, 3.63) is 84.4 Å². The number of aromatic nitrogens is 2. The van der Waals surface area contributed by atoms with E-state index in [0.717, 1.165) is 48.0 Å². The second kappa shape index (κ2) is 10.8. The summed E-state index contributed by atoms with van der Waals surface area (Å²) in [4.78, 5) is 24.2. The smallest absolute Gasteiger partial charge is 0.225 e. The summed E-state index contributed by atoms with van der Waals surface area (Å²) in [6, 6.07) is 27.2. The molecule has 1 aliphatic carbocycles. The van der Waals surface area contributed by atoms with E-state index in [-0.39, 0.29) is 11.9 Å². The number of hydrogen-bond acceptors (Lipinski definition) is 5. The summed E-state index contributed by atoms with van der Waals surface area (Å²) in [5.41, 5.74) is 4.33. The van der Waals surface area contributed by atoms with Gasteiger partial charge in [0.2, 0.25) is 11.9 Å². The molecule has 0 aliphatic heterocycles. The molecule has 0 bridgehead atoms. The van der Waals surface area contributed by atoms with Crippen LogP contribution in [0.5, 0.6) is 0 Å². The summed E-state index contributed by atoms with van der Waals surface area (Å²) in [7, 11) is 4.01. The van der Waals surface area contributed by atoms with Crippen LogP contribution in [0.4, 0.5) is 11.8 Å². The molecule has 2 N–H and O–H groups in total. The molecule has 0 saturated heterocycles. The van der Waals surface area contributed by atoms with Crippen LogP contribution < -0.4 is 15.5 Å². The van der Waals surface area contributed by atoms with Gasteiger partial charge >= 0.3 is 0 Å². The number of nitrogens with zero attached hydrogens (tertiary/aromatic N) is 3. The van der Waals surface area contributed by atoms with E-state index in [0.29, 0.717) is 18.4 Å². The van der Waals surface area contributed by atoms with E-state index in [1.165, 1.54) is 11.1 Å². The predicted octanol–water partition coefficient (Wildman–Crippen LogP) is 5.44. The quantitative estimate of drug-likeness (QED) is 0.369. The molecular weight excluding hydrogens is 446 g/mol. The average Bonchev–Trinajstić information content (AvgIpc) is 2.90. The van der Waals surface area contributed by atoms with Gasteiger partial charge in [-0.1, -0.05) is 66.7 Å². The van der Waals surface area contributed by atoms with E-state index in [4.69, 9.17) is 9.97 Å². The molecule has 6 heteroatoms. The number of rotatable bonds is 7. The molecule has 1 fully saturated rings. The zero-order chi connectivity index (χ0) is 24.9. The minimum Gasteiger partial charge on any atom is -0.362 e. The molecule has 5 rings (SSSR count). The lowest BCUT2D eigenvalue weighted by Gasteiger charge is -2.30. The Labute approximate surface area is 212 Å². The molecule has 4 aromatic rings. The Balaban J connectivity index is 1.12. The van der Waals surface area contributed by atoms with E-state index in [2.05, 4.69) is 41.0 Å². The lowest BCUT2D eigenvalue weighted by atomic mass is 9.91. The standard InChI is InChI=1S/C30H33N5O/c1-35(2)29-26-10-6-7-11-27(26)33-30(34-29)32-25-18-16-24(17-19-25)31-28(36)20-21-12-14-23(15-13-21)22-8-4-3-5-9-22/h3-15,24-25H,16-20H2,1-2H3,(H,31,36)(H,32,33,34). The molecule has 6 nitrogen and oxygen atoms in total. The third-order valence-electron chi connectivity index (χ3n) is 6.86. The first-order valence-electron chi connectivity index (χ1n) is 12.7. The van der Waals surface area contributed by atoms with Crippen LogP contribution in [0.2, 0.25) is 0 Å². The number of para-hydroxylation sites is 1. The van der Waals surface area contributed by atoms with Gasteiger partial charge in [-0.3, -0.25) is 4.79 Å². The first kappa shape index (κ1) is 23.8. The lowest BCUT2D eigenvalue weighted by molar-refractivity contribution is -0.121. The molecule has 1 amide bonds. The van der Waals surface area contributed by atoms with Gasteiger partial charge in [0.05, 0.1) is 11.9 Å². The zero-order valence-corrected chi connectivity index (χ0v) is 20.9. The van der Waals surface area contributed by atoms with E-state index < -0.39 is 0 Å². The van der Waals surface area contributed by atoms with E-state index in [9.17, 15) is 4.79 Å². The molecule has 1 aliphatic rings. The Kier molecular flexibility index (Phi) is 7.12. The Morgan fingerprint density at radius 1 is 0.806 bits per heavy atom. The van der Waals surface area contributed by atoms with Gasteiger partial charge in [-0.15, -0.1) is 0 Å². The largest absolute Gasteiger partial charge is 0.362 e. The van der Waals surface area contributed by atoms with Crippen LogP contribution in [0.25, 0.3) is 22.0 Å². The van der Waals surface area contributed by atoms with Crippen molar-refractivity contribution in [3.63, 3.8) is 0 Å². The van der Waals surface area contributed by atoms with Crippen molar-refractivity contribution >= 4 is 28.6 Å². The number of carbonyl (C=O) groups is 1. The highest BCUT2D eigenvalue weighted by Gasteiger charge is 2.23. The first-order chi connectivity index (χ1) is 17.5. The summed E-state index contributed by atoms with van der Waals surface area (Å²) >= 11 is 0. The van der Waals surface area contributed by atoms with Crippen LogP contribution in [0.1, 0.15) is 31.2 Å². The number of benzene rings is 3. The van der Waals surface area contributed by atoms with Gasteiger partial charge in [-0.05, 0) is 54.5 Å². The van der Waals surface area contributed by atoms with Crippen molar-refractivity contribution in [2.45, 2.75) is 44.2 Å². The third kappa shape index (κ3) is 5.65. The van der Waals surface area contributed by atoms with Crippen LogP contribution in [0.15, 0.2) is 78.9 Å². The molecule has 184 valence electrons. The Hall–Kier alpha value is -3.93. The molecule has 3 aromatic carbocycles. The van der Waals surface area contributed by atoms with Crippen molar-refractivity contribution in [2.75, 3.05) is 24.3 Å². The molecule has 36 heavy (non-hydrogen) atoms. The zero-order valence-electron chi connectivity index (χ0n) is 20.9. The number of fused-ring (bicyclic) bond motifs is 1. The highest BCUT2D eigenvalue weighted by atomic mass is 16.1. The van der Waals surface area contributed by atoms with Crippen LogP contribution in [0, 0.1) is 0 Å². The van der Waals surface area contributed by atoms with Crippen LogP contribution in [-0.2, 0) is 11.2 Å². The second-order valence-corrected chi connectivity index (χ2v) is 9.78. The maximum Gasteiger partial charge on any atom is 0.225 e. The highest BCUT2D eigenvalue weighted by molar-refractivity contribution is 5.90. The fourth-order valence-electron chi connectivity index (χ4n) is 4.94. The summed E-state index contributed by atoms with van der Waals surface area (Å²) in [5, 5.41) is 7.83. The fourth-order valence-corrected chi connectivity index (χ4v) is 4.94. The van der Waals surface area contributed by atoms with Gasteiger partial charge in [0, 0.05) is 31.6 Å². The SMILES string of the molecule is CN(C)c1nc(NC2CCC(NC(=O)Cc3ccc(-c4ccccc4)cc3)CC2)nc2ccccc12. The van der Waals surface area contributed by atoms with Crippen LogP contribution in [-0.4, -0.2) is 42.1 Å². The lowest BCUT2D eigenvalue weighted by Crippen LogP contribution is -2.40. The monoisotopic (exact) mass is 479 g/mol. The summed E-state index contributed by atoms with van der Waals surface area (Å²) in [6.45, 7) is 0. The first-order valence-corrected chi connectivity index (χ1v) is 12.7. The van der Waals surface area contributed by atoms with Crippen LogP contribution >= 0.6 is 0 Å². The summed E-state index contributed by atoms with van der Waals surface area (Å²) in [5.74, 6) is 1.68. The van der Waals surface area contributed by atoms with Gasteiger partial charge < -0.3 is 15.5 Å². The van der Waals surface area contributed by atoms with Gasteiger partial charge in [-0.25, -0.2) is 4.98 Å². The molecule has 1 heterocycles. The maximum absolute atomic E-state index is 12.7. The molecular formula is C30H33N5O. The van der Waals surface area contributed by atoms with Crippen molar-refractivity contribution < 1.29 is 4.79 Å². The average molecular weight is 480 g/mol. The van der Waals surface area contributed by atoms with Crippen molar-refractivity contribution in [1.29, 1.82) is 0 Å². The predicted molar refractivity (Wildman–Crippen MR) is 147 cm³/mol. The molecule has 0 atom stereocenters. The molecule has 0 unspecified atom stereocenters. The Morgan fingerprint density at radius 2 is 1.44 bits per heavy atom. The van der Waals surface area contributed by atoms with Crippen LogP contribution in [0.3, 0.4) is 0 Å². The molecule has 1 saturated carbocycles. The third-order valence-corrected chi connectivity index (χ3v) is 6.86. The maximum atomic E-state index is 12.7. The number of nitrogens with one attached hydrogen (secondary N) is 2. The number of hydrogen-bond donors (Lipinski definition) is 2. The van der Waals surface area contributed by atoms with Gasteiger partial charge in [0.25, 0.3) is 0 Å². The van der Waals surface area contributed by atoms with E-state index >= 15 is 0 Å². The number of carbonyl (C=O) groups excluding carboxylic acids is 1. The minimum absolute atomic E-state index is 0.0901. The van der Waals surface area contributed by atoms with Crippen molar-refractivity contribution in [3.8, 4) is 11.1 Å². The van der Waals surface area contributed by atoms with Gasteiger partial charge in [-0.2, -0.15) is 4.98 Å². The number of amides is 1. The fraction of sp³-hybridized carbons (Fsp3) is 0.300. The Bertz CT molecular complexity index is 1310. The topological polar surface area (TPSA) is 70.2 Å². The highest BCUT2D eigenvalue weighted by Crippen LogP contribution is 2.26. The summed E-state index contributed by atoms with van der Waals surface area (Å²) in [6.07, 6.45) is 4.26. The number of anilines is 2. The second-order valence-electron chi connectivity index (χ2n) is 9.78. The minimum atomic E-state index is 0.0901. The Morgan fingerprint density at radius 3 is 2.17 bits per heavy atom. The van der Waals surface area contributed by atoms with Gasteiger partial charge in [0.1, 0.15) is 5.82 Å². The van der Waals surface area contributed by atoms with Crippen molar-refractivity contribution in [2.24, 2.45) is 0 Å². The molecule has 0 spiro atoms.